The van der Waals surface area contributed by atoms with Crippen LogP contribution in [0.5, 0.6) is 5.75 Å². The van der Waals surface area contributed by atoms with Crippen molar-refractivity contribution in [3.8, 4) is 5.75 Å². The van der Waals surface area contributed by atoms with E-state index in [0.29, 0.717) is 6.04 Å². The molecule has 20 heavy (non-hydrogen) atoms. The first kappa shape index (κ1) is 17.0. The van der Waals surface area contributed by atoms with Gasteiger partial charge < -0.3 is 10.1 Å². The fourth-order valence-corrected chi connectivity index (χ4v) is 3.02. The Bertz CT molecular complexity index is 441. The van der Waals surface area contributed by atoms with Crippen LogP contribution in [0.25, 0.3) is 0 Å². The third-order valence-corrected chi connectivity index (χ3v) is 3.81. The molecule has 0 saturated carbocycles. The summed E-state index contributed by atoms with van der Waals surface area (Å²) < 4.78 is 5.50. The molecule has 0 bridgehead atoms. The summed E-state index contributed by atoms with van der Waals surface area (Å²) in [7, 11) is 1.73. The summed E-state index contributed by atoms with van der Waals surface area (Å²) in [5.41, 5.74) is 3.66. The lowest BCUT2D eigenvalue weighted by atomic mass is 9.81. The molecule has 0 radical (unpaired) electrons. The zero-order valence-electron chi connectivity index (χ0n) is 14.1. The second-order valence-electron chi connectivity index (χ2n) is 6.55. The lowest BCUT2D eigenvalue weighted by Crippen LogP contribution is -2.32. The molecule has 1 heterocycles. The van der Waals surface area contributed by atoms with Crippen LogP contribution in [0, 0.1) is 19.3 Å². The first-order chi connectivity index (χ1) is 9.30. The first-order valence-electron chi connectivity index (χ1n) is 7.53. The van der Waals surface area contributed by atoms with Gasteiger partial charge in [-0.3, -0.25) is 4.98 Å². The number of hydrogen-bond donors (Lipinski definition) is 1. The highest BCUT2D eigenvalue weighted by atomic mass is 16.5. The van der Waals surface area contributed by atoms with Crippen molar-refractivity contribution in [2.24, 2.45) is 5.41 Å². The zero-order chi connectivity index (χ0) is 15.3. The maximum absolute atomic E-state index is 5.50. The molecule has 1 N–H and O–H groups in total. The van der Waals surface area contributed by atoms with E-state index in [1.54, 1.807) is 7.11 Å². The molecule has 1 aromatic heterocycles. The van der Waals surface area contributed by atoms with Gasteiger partial charge in [0, 0.05) is 29.1 Å². The molecule has 3 nitrogen and oxygen atoms in total. The average Bonchev–Trinajstić information content (AvgIpc) is 2.33. The second kappa shape index (κ2) is 7.07. The van der Waals surface area contributed by atoms with Crippen LogP contribution in [0.1, 0.15) is 50.9 Å². The lowest BCUT2D eigenvalue weighted by molar-refractivity contribution is 0.285. The molecule has 1 aromatic rings. The Hall–Kier alpha value is -1.09. The third-order valence-electron chi connectivity index (χ3n) is 3.81. The first-order valence-corrected chi connectivity index (χ1v) is 7.53. The van der Waals surface area contributed by atoms with Crippen LogP contribution < -0.4 is 10.1 Å². The standard InChI is InChI=1S/C17H30N2O/c1-8-18-13(3)9-17(5,6)10-15-14(4)16(20-7)12(2)11-19-15/h11,13,18H,8-10H2,1-7H3. The molecule has 0 aliphatic heterocycles. The van der Waals surface area contributed by atoms with Crippen molar-refractivity contribution in [3.63, 3.8) is 0 Å². The van der Waals surface area contributed by atoms with Gasteiger partial charge in [-0.2, -0.15) is 0 Å². The van der Waals surface area contributed by atoms with Crippen molar-refractivity contribution in [3.05, 3.63) is 23.0 Å². The predicted molar refractivity (Wildman–Crippen MR) is 85.5 cm³/mol. The number of hydrogen-bond acceptors (Lipinski definition) is 3. The Morgan fingerprint density at radius 3 is 2.55 bits per heavy atom. The molecular formula is C17H30N2O. The number of ether oxygens (including phenoxy) is 1. The van der Waals surface area contributed by atoms with Gasteiger partial charge in [-0.15, -0.1) is 0 Å². The molecule has 0 spiro atoms. The van der Waals surface area contributed by atoms with Gasteiger partial charge in [0.2, 0.25) is 0 Å². The number of nitrogens with zero attached hydrogens (tertiary/aromatic N) is 1. The third kappa shape index (κ3) is 4.48. The van der Waals surface area contributed by atoms with Gasteiger partial charge in [0.15, 0.2) is 0 Å². The van der Waals surface area contributed by atoms with E-state index >= 15 is 0 Å². The summed E-state index contributed by atoms with van der Waals surface area (Å²) in [5.74, 6) is 0.977. The van der Waals surface area contributed by atoms with E-state index in [9.17, 15) is 0 Å². The van der Waals surface area contributed by atoms with Gasteiger partial charge in [0.1, 0.15) is 5.75 Å². The van der Waals surface area contributed by atoms with Crippen molar-refractivity contribution in [1.29, 1.82) is 0 Å². The number of rotatable bonds is 7. The minimum absolute atomic E-state index is 0.222. The maximum Gasteiger partial charge on any atom is 0.128 e. The van der Waals surface area contributed by atoms with Gasteiger partial charge in [0.05, 0.1) is 7.11 Å². The van der Waals surface area contributed by atoms with Crippen molar-refractivity contribution in [2.45, 2.75) is 60.4 Å². The minimum atomic E-state index is 0.222. The Morgan fingerprint density at radius 1 is 1.35 bits per heavy atom. The maximum atomic E-state index is 5.50. The molecular weight excluding hydrogens is 248 g/mol. The molecule has 114 valence electrons. The summed E-state index contributed by atoms with van der Waals surface area (Å²) in [6.07, 6.45) is 4.04. The fourth-order valence-electron chi connectivity index (χ4n) is 3.02. The highest BCUT2D eigenvalue weighted by Crippen LogP contribution is 2.31. The van der Waals surface area contributed by atoms with Crippen LogP contribution in [-0.2, 0) is 6.42 Å². The van der Waals surface area contributed by atoms with Crippen LogP contribution in [0.4, 0.5) is 0 Å². The van der Waals surface area contributed by atoms with E-state index in [4.69, 9.17) is 4.74 Å². The summed E-state index contributed by atoms with van der Waals surface area (Å²) in [4.78, 5) is 4.62. The minimum Gasteiger partial charge on any atom is -0.496 e. The topological polar surface area (TPSA) is 34.2 Å². The molecule has 0 amide bonds. The van der Waals surface area contributed by atoms with Crippen LogP contribution in [0.3, 0.4) is 0 Å². The van der Waals surface area contributed by atoms with E-state index in [1.165, 1.54) is 5.56 Å². The monoisotopic (exact) mass is 278 g/mol. The van der Waals surface area contributed by atoms with Gasteiger partial charge >= 0.3 is 0 Å². The summed E-state index contributed by atoms with van der Waals surface area (Å²) in [6, 6.07) is 0.530. The molecule has 0 fully saturated rings. The molecule has 0 aliphatic carbocycles. The smallest absolute Gasteiger partial charge is 0.128 e. The Labute approximate surface area is 124 Å². The molecule has 1 rings (SSSR count). The highest BCUT2D eigenvalue weighted by molar-refractivity contribution is 5.41. The van der Waals surface area contributed by atoms with Gasteiger partial charge in [-0.1, -0.05) is 20.8 Å². The Balaban J connectivity index is 2.87. The molecule has 1 atom stereocenters. The van der Waals surface area contributed by atoms with Gasteiger partial charge in [0.25, 0.3) is 0 Å². The largest absolute Gasteiger partial charge is 0.496 e. The van der Waals surface area contributed by atoms with Crippen LogP contribution in [-0.4, -0.2) is 24.7 Å². The number of aryl methyl sites for hydroxylation is 1. The second-order valence-corrected chi connectivity index (χ2v) is 6.55. The van der Waals surface area contributed by atoms with Crippen molar-refractivity contribution in [1.82, 2.24) is 10.3 Å². The van der Waals surface area contributed by atoms with Crippen LogP contribution >= 0.6 is 0 Å². The van der Waals surface area contributed by atoms with E-state index in [0.717, 1.165) is 36.4 Å². The normalized spacial score (nSPS) is 13.3. The van der Waals surface area contributed by atoms with Gasteiger partial charge in [-0.25, -0.2) is 0 Å². The molecule has 0 aromatic carbocycles. The van der Waals surface area contributed by atoms with E-state index in [1.807, 2.05) is 13.1 Å². The predicted octanol–water partition coefficient (Wildman–Crippen LogP) is 3.66. The molecule has 0 saturated heterocycles. The van der Waals surface area contributed by atoms with E-state index in [-0.39, 0.29) is 5.41 Å². The quantitative estimate of drug-likeness (QED) is 0.826. The number of pyridine rings is 1. The summed E-state index contributed by atoms with van der Waals surface area (Å²) in [5, 5.41) is 3.49. The number of nitrogens with one attached hydrogen (secondary N) is 1. The molecule has 1 unspecified atom stereocenters. The fraction of sp³-hybridized carbons (Fsp3) is 0.706. The zero-order valence-corrected chi connectivity index (χ0v) is 14.1. The van der Waals surface area contributed by atoms with Gasteiger partial charge in [-0.05, 0) is 45.6 Å². The lowest BCUT2D eigenvalue weighted by Gasteiger charge is -2.29. The van der Waals surface area contributed by atoms with E-state index < -0.39 is 0 Å². The van der Waals surface area contributed by atoms with Crippen molar-refractivity contribution >= 4 is 0 Å². The Morgan fingerprint density at radius 2 is 2.00 bits per heavy atom. The Kier molecular flexibility index (Phi) is 6.00. The van der Waals surface area contributed by atoms with E-state index in [2.05, 4.69) is 44.9 Å². The molecule has 0 aliphatic rings. The summed E-state index contributed by atoms with van der Waals surface area (Å²) in [6.45, 7) is 14.2. The summed E-state index contributed by atoms with van der Waals surface area (Å²) >= 11 is 0. The van der Waals surface area contributed by atoms with Crippen molar-refractivity contribution < 1.29 is 4.74 Å². The number of methoxy groups -OCH3 is 1. The van der Waals surface area contributed by atoms with Crippen LogP contribution in [0.15, 0.2) is 6.20 Å². The number of aromatic nitrogens is 1. The highest BCUT2D eigenvalue weighted by Gasteiger charge is 2.24. The average molecular weight is 278 g/mol. The van der Waals surface area contributed by atoms with Crippen molar-refractivity contribution in [2.75, 3.05) is 13.7 Å². The van der Waals surface area contributed by atoms with Crippen LogP contribution in [0.2, 0.25) is 0 Å². The SMILES string of the molecule is CCNC(C)CC(C)(C)Cc1ncc(C)c(OC)c1C. The molecule has 3 heteroatoms.